The third kappa shape index (κ3) is 3.87. The summed E-state index contributed by atoms with van der Waals surface area (Å²) >= 11 is 0. The van der Waals surface area contributed by atoms with E-state index >= 15 is 0 Å². The van der Waals surface area contributed by atoms with Gasteiger partial charge in [0.15, 0.2) is 0 Å². The molecule has 1 fully saturated rings. The molecule has 1 atom stereocenters. The maximum absolute atomic E-state index is 12.6. The Morgan fingerprint density at radius 1 is 1.12 bits per heavy atom. The zero-order valence-corrected chi connectivity index (χ0v) is 13.8. The highest BCUT2D eigenvalue weighted by molar-refractivity contribution is 6.04. The Morgan fingerprint density at radius 3 is 2.62 bits per heavy atom. The molecule has 2 aromatic rings. The number of halogens is 3. The van der Waals surface area contributed by atoms with Crippen molar-refractivity contribution in [3.63, 3.8) is 0 Å². The van der Waals surface area contributed by atoms with Crippen LogP contribution in [0.5, 0.6) is 0 Å². The number of likely N-dealkylation sites (tertiary alicyclic amines) is 1. The SMILES string of the molecule is O=C(Nc1cccc2ccccc12)[C@H]1CCCN1/C=C/C(=O)C(F)(F)F. The molecule has 1 amide bonds. The molecule has 4 nitrogen and oxygen atoms in total. The van der Waals surface area contributed by atoms with Gasteiger partial charge in [0.2, 0.25) is 5.91 Å². The molecule has 1 saturated heterocycles. The summed E-state index contributed by atoms with van der Waals surface area (Å²) in [6.45, 7) is 0.426. The molecule has 1 heterocycles. The fourth-order valence-corrected chi connectivity index (χ4v) is 3.06. The van der Waals surface area contributed by atoms with Crippen molar-refractivity contribution in [3.8, 4) is 0 Å². The summed E-state index contributed by atoms with van der Waals surface area (Å²) in [6, 6.07) is 12.5. The van der Waals surface area contributed by atoms with Crippen LogP contribution in [0.25, 0.3) is 10.8 Å². The molecule has 2 aromatic carbocycles. The maximum atomic E-state index is 12.6. The third-order valence-corrected chi connectivity index (χ3v) is 4.34. The predicted molar refractivity (Wildman–Crippen MR) is 92.5 cm³/mol. The number of alkyl halides is 3. The van der Waals surface area contributed by atoms with Crippen molar-refractivity contribution >= 4 is 28.2 Å². The van der Waals surface area contributed by atoms with Crippen LogP contribution in [0.3, 0.4) is 0 Å². The van der Waals surface area contributed by atoms with Gasteiger partial charge in [0, 0.05) is 29.9 Å². The van der Waals surface area contributed by atoms with Gasteiger partial charge in [-0.3, -0.25) is 9.59 Å². The third-order valence-electron chi connectivity index (χ3n) is 4.34. The number of ketones is 1. The lowest BCUT2D eigenvalue weighted by atomic mass is 10.1. The first kappa shape index (κ1) is 18.0. The van der Waals surface area contributed by atoms with E-state index in [2.05, 4.69) is 5.32 Å². The summed E-state index contributed by atoms with van der Waals surface area (Å²) in [5.74, 6) is -2.24. The van der Waals surface area contributed by atoms with E-state index < -0.39 is 18.0 Å². The smallest absolute Gasteiger partial charge is 0.365 e. The zero-order valence-electron chi connectivity index (χ0n) is 13.8. The molecule has 1 aliphatic heterocycles. The number of amides is 1. The Morgan fingerprint density at radius 2 is 1.85 bits per heavy atom. The molecular formula is C19H17F3N2O2. The van der Waals surface area contributed by atoms with Crippen molar-refractivity contribution in [2.24, 2.45) is 0 Å². The Balaban J connectivity index is 1.74. The summed E-state index contributed by atoms with van der Waals surface area (Å²) in [7, 11) is 0. The van der Waals surface area contributed by atoms with Gasteiger partial charge in [-0.05, 0) is 24.3 Å². The number of nitrogens with one attached hydrogen (secondary N) is 1. The second kappa shape index (κ2) is 7.19. The molecule has 0 radical (unpaired) electrons. The summed E-state index contributed by atoms with van der Waals surface area (Å²) in [6.07, 6.45) is -2.18. The minimum Gasteiger partial charge on any atom is -0.365 e. The predicted octanol–water partition coefficient (Wildman–Crippen LogP) is 3.89. The first-order chi connectivity index (χ1) is 12.4. The first-order valence-electron chi connectivity index (χ1n) is 8.20. The normalized spacial score (nSPS) is 17.8. The number of allylic oxidation sites excluding steroid dienone is 1. The Kier molecular flexibility index (Phi) is 4.97. The van der Waals surface area contributed by atoms with Gasteiger partial charge >= 0.3 is 6.18 Å². The molecule has 7 heteroatoms. The lowest BCUT2D eigenvalue weighted by Crippen LogP contribution is -2.37. The number of hydrogen-bond donors (Lipinski definition) is 1. The Bertz CT molecular complexity index is 856. The van der Waals surface area contributed by atoms with Crippen LogP contribution in [0.15, 0.2) is 54.7 Å². The summed E-state index contributed by atoms with van der Waals surface area (Å²) in [5.41, 5.74) is 0.648. The fourth-order valence-electron chi connectivity index (χ4n) is 3.06. The molecule has 3 rings (SSSR count). The van der Waals surface area contributed by atoms with Crippen LogP contribution >= 0.6 is 0 Å². The van der Waals surface area contributed by atoms with Crippen LogP contribution in [-0.2, 0) is 9.59 Å². The number of hydrogen-bond acceptors (Lipinski definition) is 3. The van der Waals surface area contributed by atoms with Gasteiger partial charge in [0.1, 0.15) is 6.04 Å². The highest BCUT2D eigenvalue weighted by Crippen LogP contribution is 2.25. The number of carbonyl (C=O) groups is 2. The molecule has 1 N–H and O–H groups in total. The highest BCUT2D eigenvalue weighted by atomic mass is 19.4. The van der Waals surface area contributed by atoms with Gasteiger partial charge in [-0.2, -0.15) is 13.2 Å². The van der Waals surface area contributed by atoms with Crippen LogP contribution in [-0.4, -0.2) is 35.4 Å². The molecule has 0 aromatic heterocycles. The highest BCUT2D eigenvalue weighted by Gasteiger charge is 2.37. The summed E-state index contributed by atoms with van der Waals surface area (Å²) < 4.78 is 36.9. The van der Waals surface area contributed by atoms with Crippen LogP contribution in [0.2, 0.25) is 0 Å². The quantitative estimate of drug-likeness (QED) is 0.840. The van der Waals surface area contributed by atoms with Crippen LogP contribution in [0, 0.1) is 0 Å². The second-order valence-electron chi connectivity index (χ2n) is 6.09. The lowest BCUT2D eigenvalue weighted by molar-refractivity contribution is -0.165. The molecule has 26 heavy (non-hydrogen) atoms. The fraction of sp³-hybridized carbons (Fsp3) is 0.263. The number of anilines is 1. The number of benzene rings is 2. The minimum absolute atomic E-state index is 0.303. The van der Waals surface area contributed by atoms with E-state index in [9.17, 15) is 22.8 Å². The lowest BCUT2D eigenvalue weighted by Gasteiger charge is -2.22. The number of fused-ring (bicyclic) bond motifs is 1. The minimum atomic E-state index is -4.91. The second-order valence-corrected chi connectivity index (χ2v) is 6.09. The van der Waals surface area contributed by atoms with Crippen molar-refractivity contribution in [3.05, 3.63) is 54.7 Å². The van der Waals surface area contributed by atoms with Crippen LogP contribution < -0.4 is 5.32 Å². The van der Waals surface area contributed by atoms with E-state index in [4.69, 9.17) is 0 Å². The Hall–Kier alpha value is -2.83. The van der Waals surface area contributed by atoms with Gasteiger partial charge in [0.05, 0.1) is 0 Å². The van der Waals surface area contributed by atoms with Crippen molar-refractivity contribution in [1.82, 2.24) is 4.90 Å². The molecule has 1 aliphatic rings. The first-order valence-corrected chi connectivity index (χ1v) is 8.20. The number of rotatable bonds is 4. The number of nitrogens with zero attached hydrogens (tertiary/aromatic N) is 1. The van der Waals surface area contributed by atoms with Gasteiger partial charge in [0.25, 0.3) is 5.78 Å². The van der Waals surface area contributed by atoms with Crippen molar-refractivity contribution < 1.29 is 22.8 Å². The molecule has 0 bridgehead atoms. The van der Waals surface area contributed by atoms with Crippen molar-refractivity contribution in [2.75, 3.05) is 11.9 Å². The number of carbonyl (C=O) groups excluding carboxylic acids is 2. The molecule has 0 aliphatic carbocycles. The average molecular weight is 362 g/mol. The monoisotopic (exact) mass is 362 g/mol. The standard InChI is InChI=1S/C19H17F3N2O2/c20-19(21,22)17(25)10-12-24-11-4-9-16(24)18(26)23-15-8-3-6-13-5-1-2-7-14(13)15/h1-3,5-8,10,12,16H,4,9,11H2,(H,23,26)/b12-10+/t16-/m1/s1. The topological polar surface area (TPSA) is 49.4 Å². The largest absolute Gasteiger partial charge is 0.454 e. The van der Waals surface area contributed by atoms with E-state index in [0.717, 1.165) is 17.0 Å². The summed E-state index contributed by atoms with van der Waals surface area (Å²) in [5, 5.41) is 4.71. The molecule has 0 unspecified atom stereocenters. The van der Waals surface area contributed by atoms with Gasteiger partial charge < -0.3 is 10.2 Å². The molecule has 136 valence electrons. The Labute approximate surface area is 148 Å². The average Bonchev–Trinajstić information content (AvgIpc) is 3.08. The molecular weight excluding hydrogens is 345 g/mol. The summed E-state index contributed by atoms with van der Waals surface area (Å²) in [4.78, 5) is 25.1. The van der Waals surface area contributed by atoms with Gasteiger partial charge in [-0.25, -0.2) is 0 Å². The van der Waals surface area contributed by atoms with Gasteiger partial charge in [-0.1, -0.05) is 36.4 Å². The van der Waals surface area contributed by atoms with E-state index in [1.807, 2.05) is 36.4 Å². The van der Waals surface area contributed by atoms with Gasteiger partial charge in [-0.15, -0.1) is 0 Å². The zero-order chi connectivity index (χ0) is 18.7. The molecule has 0 saturated carbocycles. The van der Waals surface area contributed by atoms with Crippen molar-refractivity contribution in [2.45, 2.75) is 25.1 Å². The van der Waals surface area contributed by atoms with E-state index in [1.54, 1.807) is 6.07 Å². The maximum Gasteiger partial charge on any atom is 0.454 e. The van der Waals surface area contributed by atoms with Crippen molar-refractivity contribution in [1.29, 1.82) is 0 Å². The van der Waals surface area contributed by atoms with Crippen LogP contribution in [0.1, 0.15) is 12.8 Å². The van der Waals surface area contributed by atoms with E-state index in [0.29, 0.717) is 31.1 Å². The van der Waals surface area contributed by atoms with Crippen LogP contribution in [0.4, 0.5) is 18.9 Å². The van der Waals surface area contributed by atoms with E-state index in [-0.39, 0.29) is 5.91 Å². The molecule has 0 spiro atoms. The van der Waals surface area contributed by atoms with E-state index in [1.165, 1.54) is 4.90 Å².